The second kappa shape index (κ2) is 12.4. The number of hydrogen-bond donors (Lipinski definition) is 0. The SMILES string of the molecule is COC(=O)C1=C(C)N=c2sc(=Cc3ccc(OCc4ccc(Cl)cc4)c(OC)c3)c(=O)n2C1c1ccc(Cl)c([N+](=O)[O-])c1. The van der Waals surface area contributed by atoms with E-state index in [0.717, 1.165) is 16.9 Å². The van der Waals surface area contributed by atoms with E-state index in [4.69, 9.17) is 37.4 Å². The van der Waals surface area contributed by atoms with Gasteiger partial charge in [-0.15, -0.1) is 0 Å². The highest BCUT2D eigenvalue weighted by molar-refractivity contribution is 7.07. The van der Waals surface area contributed by atoms with E-state index in [9.17, 15) is 19.7 Å². The molecule has 0 fully saturated rings. The number of ether oxygens (including phenoxy) is 3. The van der Waals surface area contributed by atoms with Crippen molar-refractivity contribution in [2.75, 3.05) is 14.2 Å². The van der Waals surface area contributed by atoms with Crippen molar-refractivity contribution in [2.45, 2.75) is 19.6 Å². The zero-order chi connectivity index (χ0) is 30.8. The molecule has 1 atom stereocenters. The zero-order valence-corrected chi connectivity index (χ0v) is 25.3. The summed E-state index contributed by atoms with van der Waals surface area (Å²) in [5.41, 5.74) is 1.51. The van der Waals surface area contributed by atoms with Gasteiger partial charge >= 0.3 is 5.97 Å². The predicted molar refractivity (Wildman–Crippen MR) is 163 cm³/mol. The summed E-state index contributed by atoms with van der Waals surface area (Å²) in [6.45, 7) is 1.92. The molecule has 0 aliphatic carbocycles. The van der Waals surface area contributed by atoms with Crippen LogP contribution >= 0.6 is 34.5 Å². The lowest BCUT2D eigenvalue weighted by Gasteiger charge is -2.24. The van der Waals surface area contributed by atoms with Crippen LogP contribution in [0, 0.1) is 10.1 Å². The number of allylic oxidation sites excluding steroid dienone is 1. The maximum Gasteiger partial charge on any atom is 0.338 e. The Kier molecular flexibility index (Phi) is 8.67. The number of nitro benzene ring substituents is 1. The summed E-state index contributed by atoms with van der Waals surface area (Å²) in [5, 5.41) is 12.2. The van der Waals surface area contributed by atoms with Gasteiger partial charge in [-0.05, 0) is 60.0 Å². The molecule has 1 aromatic heterocycles. The van der Waals surface area contributed by atoms with Crippen LogP contribution in [0.3, 0.4) is 0 Å². The zero-order valence-electron chi connectivity index (χ0n) is 23.0. The third-order valence-electron chi connectivity index (χ3n) is 6.70. The molecule has 10 nitrogen and oxygen atoms in total. The third-order valence-corrected chi connectivity index (χ3v) is 8.26. The fourth-order valence-electron chi connectivity index (χ4n) is 4.63. The van der Waals surface area contributed by atoms with Gasteiger partial charge in [-0.3, -0.25) is 19.5 Å². The van der Waals surface area contributed by atoms with Crippen molar-refractivity contribution in [3.8, 4) is 11.5 Å². The lowest BCUT2D eigenvalue weighted by molar-refractivity contribution is -0.384. The van der Waals surface area contributed by atoms with Gasteiger partial charge in [0.1, 0.15) is 11.6 Å². The van der Waals surface area contributed by atoms with Crippen molar-refractivity contribution >= 4 is 52.3 Å². The van der Waals surface area contributed by atoms with Crippen molar-refractivity contribution in [2.24, 2.45) is 4.99 Å². The Hall–Kier alpha value is -4.45. The average Bonchev–Trinajstić information content (AvgIpc) is 3.29. The quantitative estimate of drug-likeness (QED) is 0.147. The Bertz CT molecular complexity index is 1970. The van der Waals surface area contributed by atoms with E-state index in [1.165, 1.54) is 37.0 Å². The molecule has 1 aliphatic rings. The highest BCUT2D eigenvalue weighted by Crippen LogP contribution is 2.35. The maximum atomic E-state index is 13.8. The first-order valence-corrected chi connectivity index (χ1v) is 14.3. The second-order valence-corrected chi connectivity index (χ2v) is 11.2. The number of hydrogen-bond acceptors (Lipinski definition) is 9. The molecule has 0 amide bonds. The summed E-state index contributed by atoms with van der Waals surface area (Å²) < 4.78 is 18.1. The molecular weight excluding hydrogens is 617 g/mol. The molecule has 220 valence electrons. The van der Waals surface area contributed by atoms with Crippen LogP contribution in [0.4, 0.5) is 5.69 Å². The number of nitrogens with zero attached hydrogens (tertiary/aromatic N) is 3. The molecule has 3 aromatic carbocycles. The number of halogens is 2. The molecule has 0 N–H and O–H groups in total. The first kappa shape index (κ1) is 30.0. The number of fused-ring (bicyclic) bond motifs is 1. The smallest absolute Gasteiger partial charge is 0.338 e. The van der Waals surface area contributed by atoms with E-state index in [1.807, 2.05) is 12.1 Å². The fraction of sp³-hybridized carbons (Fsp3) is 0.167. The molecule has 13 heteroatoms. The molecule has 0 radical (unpaired) electrons. The lowest BCUT2D eigenvalue weighted by atomic mass is 9.95. The molecule has 1 unspecified atom stereocenters. The number of thiazole rings is 1. The van der Waals surface area contributed by atoms with Gasteiger partial charge in [-0.2, -0.15) is 0 Å². The van der Waals surface area contributed by atoms with Crippen LogP contribution < -0.4 is 24.4 Å². The van der Waals surface area contributed by atoms with Gasteiger partial charge in [0.15, 0.2) is 16.3 Å². The number of esters is 1. The molecule has 4 aromatic rings. The maximum absolute atomic E-state index is 13.8. The summed E-state index contributed by atoms with van der Waals surface area (Å²) in [5.74, 6) is 0.265. The molecule has 0 bridgehead atoms. The Labute approximate surface area is 258 Å². The summed E-state index contributed by atoms with van der Waals surface area (Å²) in [4.78, 5) is 42.5. The lowest BCUT2D eigenvalue weighted by Crippen LogP contribution is -2.39. The largest absolute Gasteiger partial charge is 0.493 e. The van der Waals surface area contributed by atoms with Crippen LogP contribution in [-0.4, -0.2) is 29.7 Å². The number of rotatable bonds is 8. The summed E-state index contributed by atoms with van der Waals surface area (Å²) >= 11 is 13.1. The Morgan fingerprint density at radius 1 is 1.09 bits per heavy atom. The standard InChI is InChI=1S/C30H23Cl2N3O7S/c1-16-26(29(37)41-3)27(19-7-10-21(32)22(14-19)35(38)39)34-28(36)25(43-30(34)33-16)13-18-6-11-23(24(12-18)40-2)42-15-17-4-8-20(31)9-5-17/h4-14,27H,15H2,1-3H3. The predicted octanol–water partition coefficient (Wildman–Crippen LogP) is 5.21. The number of aromatic nitrogens is 1. The monoisotopic (exact) mass is 639 g/mol. The van der Waals surface area contributed by atoms with Crippen LogP contribution in [-0.2, 0) is 16.1 Å². The Balaban J connectivity index is 1.57. The molecule has 0 spiro atoms. The Morgan fingerprint density at radius 2 is 1.84 bits per heavy atom. The van der Waals surface area contributed by atoms with Crippen molar-refractivity contribution in [1.82, 2.24) is 4.57 Å². The van der Waals surface area contributed by atoms with Gasteiger partial charge < -0.3 is 14.2 Å². The minimum absolute atomic E-state index is 0.0731. The summed E-state index contributed by atoms with van der Waals surface area (Å²) in [6, 6.07) is 15.7. The van der Waals surface area contributed by atoms with Gasteiger partial charge in [0, 0.05) is 11.1 Å². The van der Waals surface area contributed by atoms with Crippen molar-refractivity contribution in [3.05, 3.63) is 128 Å². The first-order valence-electron chi connectivity index (χ1n) is 12.7. The van der Waals surface area contributed by atoms with Gasteiger partial charge in [0.05, 0.1) is 41.0 Å². The number of carbonyl (C=O) groups is 1. The highest BCUT2D eigenvalue weighted by Gasteiger charge is 2.34. The van der Waals surface area contributed by atoms with Crippen LogP contribution in [0.25, 0.3) is 6.08 Å². The van der Waals surface area contributed by atoms with Crippen LogP contribution in [0.2, 0.25) is 10.0 Å². The number of nitro groups is 1. The summed E-state index contributed by atoms with van der Waals surface area (Å²) in [7, 11) is 2.73. The molecule has 2 heterocycles. The van der Waals surface area contributed by atoms with Gasteiger partial charge in [0.25, 0.3) is 11.2 Å². The molecular formula is C30H23Cl2N3O7S. The molecule has 5 rings (SSSR count). The van der Waals surface area contributed by atoms with Gasteiger partial charge in [-0.1, -0.05) is 58.8 Å². The number of carbonyl (C=O) groups excluding carboxylic acids is 1. The van der Waals surface area contributed by atoms with E-state index in [0.29, 0.717) is 49.3 Å². The van der Waals surface area contributed by atoms with Crippen molar-refractivity contribution in [1.29, 1.82) is 0 Å². The number of methoxy groups -OCH3 is 2. The van der Waals surface area contributed by atoms with E-state index in [-0.39, 0.29) is 16.3 Å². The van der Waals surface area contributed by atoms with Gasteiger partial charge in [-0.25, -0.2) is 9.79 Å². The van der Waals surface area contributed by atoms with E-state index >= 15 is 0 Å². The third kappa shape index (κ3) is 6.05. The van der Waals surface area contributed by atoms with E-state index in [1.54, 1.807) is 43.3 Å². The normalized spacial score (nSPS) is 14.6. The molecule has 1 aliphatic heterocycles. The number of benzene rings is 3. The second-order valence-electron chi connectivity index (χ2n) is 9.37. The van der Waals surface area contributed by atoms with Gasteiger partial charge in [0.2, 0.25) is 0 Å². The van der Waals surface area contributed by atoms with Crippen molar-refractivity contribution in [3.63, 3.8) is 0 Å². The average molecular weight is 641 g/mol. The van der Waals surface area contributed by atoms with E-state index < -0.39 is 22.5 Å². The van der Waals surface area contributed by atoms with Crippen LogP contribution in [0.5, 0.6) is 11.5 Å². The Morgan fingerprint density at radius 3 is 2.51 bits per heavy atom. The highest BCUT2D eigenvalue weighted by atomic mass is 35.5. The minimum atomic E-state index is -1.03. The van der Waals surface area contributed by atoms with Crippen LogP contribution in [0.1, 0.15) is 29.7 Å². The molecule has 0 saturated carbocycles. The van der Waals surface area contributed by atoms with Crippen molar-refractivity contribution < 1.29 is 23.9 Å². The minimum Gasteiger partial charge on any atom is -0.493 e. The topological polar surface area (TPSA) is 122 Å². The summed E-state index contributed by atoms with van der Waals surface area (Å²) in [6.07, 6.45) is 1.67. The first-order chi connectivity index (χ1) is 20.6. The fourth-order valence-corrected chi connectivity index (χ4v) is 5.99. The van der Waals surface area contributed by atoms with E-state index in [2.05, 4.69) is 4.99 Å². The molecule has 0 saturated heterocycles. The van der Waals surface area contributed by atoms with Crippen LogP contribution in [0.15, 0.2) is 81.7 Å². The molecule has 43 heavy (non-hydrogen) atoms.